The van der Waals surface area contributed by atoms with E-state index in [0.717, 1.165) is 37.9 Å². The van der Waals surface area contributed by atoms with Crippen LogP contribution in [0, 0.1) is 0 Å². The van der Waals surface area contributed by atoms with Gasteiger partial charge in [0.2, 0.25) is 5.91 Å². The number of carbonyl (C=O) groups is 2. The molecular weight excluding hydrogens is 264 g/mol. The van der Waals surface area contributed by atoms with Gasteiger partial charge in [0.1, 0.15) is 0 Å². The molecule has 1 saturated heterocycles. The molecule has 0 spiro atoms. The Balaban J connectivity index is 2.00. The van der Waals surface area contributed by atoms with Crippen LogP contribution < -0.4 is 0 Å². The number of aryl methyl sites for hydroxylation is 1. The Labute approximate surface area is 126 Å². The summed E-state index contributed by atoms with van der Waals surface area (Å²) in [5, 5.41) is 0. The normalized spacial score (nSPS) is 15.7. The molecule has 1 aromatic rings. The zero-order chi connectivity index (χ0) is 15.2. The van der Waals surface area contributed by atoms with Gasteiger partial charge in [0.05, 0.1) is 0 Å². The maximum Gasteiger partial charge on any atom is 0.253 e. The highest BCUT2D eigenvalue weighted by Gasteiger charge is 2.21. The summed E-state index contributed by atoms with van der Waals surface area (Å²) < 4.78 is 0. The van der Waals surface area contributed by atoms with Gasteiger partial charge in [-0.05, 0) is 30.5 Å². The van der Waals surface area contributed by atoms with E-state index < -0.39 is 0 Å². The van der Waals surface area contributed by atoms with E-state index in [2.05, 4.69) is 6.92 Å². The number of nitrogens with zero attached hydrogens (tertiary/aromatic N) is 2. The van der Waals surface area contributed by atoms with Gasteiger partial charge < -0.3 is 9.80 Å². The number of carbonyl (C=O) groups excluding carboxylic acids is 2. The Morgan fingerprint density at radius 3 is 2.24 bits per heavy atom. The fourth-order valence-corrected chi connectivity index (χ4v) is 2.72. The zero-order valence-corrected chi connectivity index (χ0v) is 13.0. The van der Waals surface area contributed by atoms with Gasteiger partial charge in [-0.25, -0.2) is 0 Å². The smallest absolute Gasteiger partial charge is 0.253 e. The first kappa shape index (κ1) is 15.5. The number of hydrogen-bond donors (Lipinski definition) is 0. The maximum atomic E-state index is 12.5. The Morgan fingerprint density at radius 2 is 1.62 bits per heavy atom. The van der Waals surface area contributed by atoms with Crippen molar-refractivity contribution in [2.24, 2.45) is 0 Å². The third-order valence-electron chi connectivity index (χ3n) is 3.97. The Morgan fingerprint density at radius 1 is 1.00 bits per heavy atom. The summed E-state index contributed by atoms with van der Waals surface area (Å²) in [5.74, 6) is 0.164. The van der Waals surface area contributed by atoms with E-state index in [9.17, 15) is 9.59 Å². The molecule has 21 heavy (non-hydrogen) atoms. The molecule has 2 amide bonds. The van der Waals surface area contributed by atoms with Crippen molar-refractivity contribution in [3.63, 3.8) is 0 Å². The van der Waals surface area contributed by atoms with Gasteiger partial charge in [0.25, 0.3) is 5.91 Å². The van der Waals surface area contributed by atoms with Crippen molar-refractivity contribution in [2.45, 2.75) is 33.1 Å². The lowest BCUT2D eigenvalue weighted by Crippen LogP contribution is -2.36. The van der Waals surface area contributed by atoms with Gasteiger partial charge in [-0.3, -0.25) is 9.59 Å². The average molecular weight is 288 g/mol. The second kappa shape index (κ2) is 7.25. The van der Waals surface area contributed by atoms with Crippen LogP contribution in [0.4, 0.5) is 0 Å². The third-order valence-corrected chi connectivity index (χ3v) is 3.97. The van der Waals surface area contributed by atoms with E-state index in [-0.39, 0.29) is 11.8 Å². The first-order valence-corrected chi connectivity index (χ1v) is 7.75. The van der Waals surface area contributed by atoms with Crippen molar-refractivity contribution in [3.8, 4) is 0 Å². The summed E-state index contributed by atoms with van der Waals surface area (Å²) in [4.78, 5) is 27.6. The molecule has 1 aromatic carbocycles. The van der Waals surface area contributed by atoms with Crippen LogP contribution in [-0.4, -0.2) is 47.8 Å². The molecule has 0 bridgehead atoms. The van der Waals surface area contributed by atoms with Gasteiger partial charge in [-0.1, -0.05) is 25.5 Å². The van der Waals surface area contributed by atoms with Crippen molar-refractivity contribution < 1.29 is 9.59 Å². The zero-order valence-electron chi connectivity index (χ0n) is 13.0. The first-order valence-electron chi connectivity index (χ1n) is 7.75. The van der Waals surface area contributed by atoms with Gasteiger partial charge in [-0.2, -0.15) is 0 Å². The summed E-state index contributed by atoms with van der Waals surface area (Å²) in [5.41, 5.74) is 2.01. The molecule has 0 aliphatic carbocycles. The molecule has 2 rings (SSSR count). The van der Waals surface area contributed by atoms with Crippen molar-refractivity contribution >= 4 is 11.8 Å². The summed E-state index contributed by atoms with van der Waals surface area (Å²) in [6.07, 6.45) is 3.01. The van der Waals surface area contributed by atoms with Crippen LogP contribution in [0.25, 0.3) is 0 Å². The van der Waals surface area contributed by atoms with E-state index in [1.807, 2.05) is 34.1 Å². The second-order valence-electron chi connectivity index (χ2n) is 5.60. The van der Waals surface area contributed by atoms with Crippen LogP contribution in [0.5, 0.6) is 0 Å². The number of amides is 2. The first-order chi connectivity index (χ1) is 10.1. The summed E-state index contributed by atoms with van der Waals surface area (Å²) in [6.45, 7) is 6.46. The molecule has 1 aliphatic heterocycles. The lowest BCUT2D eigenvalue weighted by Gasteiger charge is -2.21. The second-order valence-corrected chi connectivity index (χ2v) is 5.60. The van der Waals surface area contributed by atoms with E-state index in [0.29, 0.717) is 13.1 Å². The van der Waals surface area contributed by atoms with Crippen LogP contribution in [0.3, 0.4) is 0 Å². The lowest BCUT2D eigenvalue weighted by atomic mass is 10.1. The van der Waals surface area contributed by atoms with Crippen molar-refractivity contribution in [1.29, 1.82) is 0 Å². The number of benzene rings is 1. The molecule has 1 heterocycles. The minimum Gasteiger partial charge on any atom is -0.341 e. The van der Waals surface area contributed by atoms with Gasteiger partial charge >= 0.3 is 0 Å². The highest BCUT2D eigenvalue weighted by atomic mass is 16.2. The van der Waals surface area contributed by atoms with Crippen molar-refractivity contribution in [2.75, 3.05) is 26.2 Å². The molecule has 114 valence electrons. The maximum absolute atomic E-state index is 12.5. The largest absolute Gasteiger partial charge is 0.341 e. The predicted molar refractivity (Wildman–Crippen MR) is 83.2 cm³/mol. The Hall–Kier alpha value is -1.84. The highest BCUT2D eigenvalue weighted by molar-refractivity contribution is 5.94. The van der Waals surface area contributed by atoms with Crippen LogP contribution in [0.1, 0.15) is 42.6 Å². The van der Waals surface area contributed by atoms with Crippen LogP contribution in [0.2, 0.25) is 0 Å². The van der Waals surface area contributed by atoms with Gasteiger partial charge in [-0.15, -0.1) is 0 Å². The monoisotopic (exact) mass is 288 g/mol. The topological polar surface area (TPSA) is 40.6 Å². The van der Waals surface area contributed by atoms with Gasteiger partial charge in [0.15, 0.2) is 0 Å². The predicted octanol–water partition coefficient (Wildman–Crippen LogP) is 2.33. The molecule has 0 aromatic heterocycles. The molecule has 0 atom stereocenters. The molecule has 1 fully saturated rings. The molecular formula is C17H24N2O2. The molecule has 0 saturated carbocycles. The van der Waals surface area contributed by atoms with Crippen LogP contribution in [0.15, 0.2) is 24.3 Å². The number of rotatable bonds is 3. The SMILES string of the molecule is CCCc1ccc(C(=O)N2CCCN(C(C)=O)CC2)cc1. The van der Waals surface area contributed by atoms with Crippen LogP contribution >= 0.6 is 0 Å². The molecule has 1 aliphatic rings. The Bertz CT molecular complexity index is 496. The van der Waals surface area contributed by atoms with Crippen molar-refractivity contribution in [1.82, 2.24) is 9.80 Å². The fourth-order valence-electron chi connectivity index (χ4n) is 2.72. The average Bonchev–Trinajstić information content (AvgIpc) is 2.73. The van der Waals surface area contributed by atoms with Crippen LogP contribution in [-0.2, 0) is 11.2 Å². The standard InChI is InChI=1S/C17H24N2O2/c1-3-5-15-6-8-16(9-7-15)17(21)19-11-4-10-18(12-13-19)14(2)20/h6-9H,3-5,10-13H2,1-2H3. The lowest BCUT2D eigenvalue weighted by molar-refractivity contribution is -0.128. The minimum atomic E-state index is 0.0726. The highest BCUT2D eigenvalue weighted by Crippen LogP contribution is 2.12. The molecule has 0 unspecified atom stereocenters. The molecule has 0 N–H and O–H groups in total. The summed E-state index contributed by atoms with van der Waals surface area (Å²) in [7, 11) is 0. The Kier molecular flexibility index (Phi) is 5.37. The molecule has 4 nitrogen and oxygen atoms in total. The van der Waals surface area contributed by atoms with E-state index in [4.69, 9.17) is 0 Å². The molecule has 4 heteroatoms. The quantitative estimate of drug-likeness (QED) is 0.856. The third kappa shape index (κ3) is 4.06. The summed E-state index contributed by atoms with van der Waals surface area (Å²) in [6, 6.07) is 7.91. The van der Waals surface area contributed by atoms with E-state index in [1.165, 1.54) is 5.56 Å². The number of hydrogen-bond acceptors (Lipinski definition) is 2. The van der Waals surface area contributed by atoms with E-state index in [1.54, 1.807) is 6.92 Å². The van der Waals surface area contributed by atoms with E-state index >= 15 is 0 Å². The van der Waals surface area contributed by atoms with Crippen molar-refractivity contribution in [3.05, 3.63) is 35.4 Å². The summed E-state index contributed by atoms with van der Waals surface area (Å²) >= 11 is 0. The fraction of sp³-hybridized carbons (Fsp3) is 0.529. The molecule has 0 radical (unpaired) electrons. The van der Waals surface area contributed by atoms with Gasteiger partial charge in [0, 0.05) is 38.7 Å². The minimum absolute atomic E-state index is 0.0726.